The van der Waals surface area contributed by atoms with Crippen LogP contribution in [0.1, 0.15) is 23.2 Å². The number of nitrogens with zero attached hydrogens (tertiary/aromatic N) is 1. The molecule has 0 spiro atoms. The second-order valence-electron chi connectivity index (χ2n) is 3.01. The van der Waals surface area contributed by atoms with Crippen LogP contribution in [-0.4, -0.2) is 16.1 Å². The Morgan fingerprint density at radius 2 is 2.20 bits per heavy atom. The summed E-state index contributed by atoms with van der Waals surface area (Å²) in [6.07, 6.45) is -3.43. The normalized spacial score (nSPS) is 10.7. The SMILES string of the molecule is Cc1cc(CC(=O)O)c(F)nc1C(F)F. The van der Waals surface area contributed by atoms with E-state index in [9.17, 15) is 18.0 Å². The molecule has 1 aromatic rings. The highest BCUT2D eigenvalue weighted by Gasteiger charge is 2.17. The fraction of sp³-hybridized carbons (Fsp3) is 0.333. The minimum Gasteiger partial charge on any atom is -0.481 e. The number of pyridine rings is 1. The van der Waals surface area contributed by atoms with E-state index in [4.69, 9.17) is 5.11 Å². The third-order valence-electron chi connectivity index (χ3n) is 1.83. The predicted octanol–water partition coefficient (Wildman–Crippen LogP) is 2.09. The van der Waals surface area contributed by atoms with E-state index in [1.807, 2.05) is 0 Å². The zero-order valence-corrected chi connectivity index (χ0v) is 7.80. The lowest BCUT2D eigenvalue weighted by atomic mass is 10.1. The highest BCUT2D eigenvalue weighted by molar-refractivity contribution is 5.70. The fourth-order valence-electron chi connectivity index (χ4n) is 1.17. The van der Waals surface area contributed by atoms with Crippen LogP contribution in [0.4, 0.5) is 13.2 Å². The maximum absolute atomic E-state index is 13.0. The number of carbonyl (C=O) groups is 1. The molecule has 0 radical (unpaired) electrons. The molecule has 0 bridgehead atoms. The molecule has 0 aliphatic rings. The van der Waals surface area contributed by atoms with Crippen molar-refractivity contribution in [1.82, 2.24) is 4.98 Å². The molecule has 0 saturated carbocycles. The number of aryl methyl sites for hydroxylation is 1. The Morgan fingerprint density at radius 3 is 2.67 bits per heavy atom. The Labute approximate surface area is 83.6 Å². The van der Waals surface area contributed by atoms with Gasteiger partial charge >= 0.3 is 5.97 Å². The third-order valence-corrected chi connectivity index (χ3v) is 1.83. The van der Waals surface area contributed by atoms with E-state index >= 15 is 0 Å². The van der Waals surface area contributed by atoms with E-state index in [0.717, 1.165) is 6.07 Å². The molecule has 0 saturated heterocycles. The van der Waals surface area contributed by atoms with Gasteiger partial charge < -0.3 is 5.11 Å². The van der Waals surface area contributed by atoms with Crippen LogP contribution in [0.15, 0.2) is 6.07 Å². The van der Waals surface area contributed by atoms with Crippen LogP contribution in [0.3, 0.4) is 0 Å². The molecular formula is C9H8F3NO2. The monoisotopic (exact) mass is 219 g/mol. The van der Waals surface area contributed by atoms with Gasteiger partial charge in [0, 0.05) is 5.56 Å². The van der Waals surface area contributed by atoms with Crippen molar-refractivity contribution in [2.45, 2.75) is 19.8 Å². The second-order valence-corrected chi connectivity index (χ2v) is 3.01. The smallest absolute Gasteiger partial charge is 0.307 e. The molecular weight excluding hydrogens is 211 g/mol. The number of hydrogen-bond donors (Lipinski definition) is 1. The Bertz CT molecular complexity index is 393. The topological polar surface area (TPSA) is 50.2 Å². The van der Waals surface area contributed by atoms with Crippen LogP contribution in [0.2, 0.25) is 0 Å². The lowest BCUT2D eigenvalue weighted by Gasteiger charge is -2.06. The first kappa shape index (κ1) is 11.5. The number of halogens is 3. The number of carboxylic acids is 1. The van der Waals surface area contributed by atoms with Gasteiger partial charge in [0.05, 0.1) is 6.42 Å². The maximum Gasteiger partial charge on any atom is 0.307 e. The molecule has 15 heavy (non-hydrogen) atoms. The van der Waals surface area contributed by atoms with Crippen LogP contribution in [0.5, 0.6) is 0 Å². The van der Waals surface area contributed by atoms with Gasteiger partial charge in [0.15, 0.2) is 0 Å². The summed E-state index contributed by atoms with van der Waals surface area (Å²) in [6, 6.07) is 1.08. The van der Waals surface area contributed by atoms with Crippen molar-refractivity contribution in [3.05, 3.63) is 28.8 Å². The highest BCUT2D eigenvalue weighted by Crippen LogP contribution is 2.22. The molecule has 0 aliphatic carbocycles. The van der Waals surface area contributed by atoms with Crippen molar-refractivity contribution in [2.75, 3.05) is 0 Å². The van der Waals surface area contributed by atoms with E-state index in [1.165, 1.54) is 6.92 Å². The van der Waals surface area contributed by atoms with Crippen LogP contribution < -0.4 is 0 Å². The number of aromatic nitrogens is 1. The summed E-state index contributed by atoms with van der Waals surface area (Å²) in [7, 11) is 0. The summed E-state index contributed by atoms with van der Waals surface area (Å²) in [4.78, 5) is 13.4. The van der Waals surface area contributed by atoms with Gasteiger partial charge in [-0.15, -0.1) is 0 Å². The van der Waals surface area contributed by atoms with E-state index in [1.54, 1.807) is 0 Å². The summed E-state index contributed by atoms with van der Waals surface area (Å²) in [5.41, 5.74) is -0.756. The summed E-state index contributed by atoms with van der Waals surface area (Å²) in [5, 5.41) is 8.42. The summed E-state index contributed by atoms with van der Waals surface area (Å²) in [5.74, 6) is -2.39. The zero-order chi connectivity index (χ0) is 11.6. The number of alkyl halides is 2. The Balaban J connectivity index is 3.13. The van der Waals surface area contributed by atoms with Gasteiger partial charge in [0.2, 0.25) is 5.95 Å². The first-order valence-corrected chi connectivity index (χ1v) is 4.07. The third kappa shape index (κ3) is 2.68. The Kier molecular flexibility index (Phi) is 3.28. The van der Waals surface area contributed by atoms with Gasteiger partial charge in [0.25, 0.3) is 6.43 Å². The van der Waals surface area contributed by atoms with Crippen LogP contribution in [0.25, 0.3) is 0 Å². The van der Waals surface area contributed by atoms with E-state index in [2.05, 4.69) is 4.98 Å². The number of rotatable bonds is 3. The second kappa shape index (κ2) is 4.29. The zero-order valence-electron chi connectivity index (χ0n) is 7.80. The van der Waals surface area contributed by atoms with E-state index < -0.39 is 30.5 Å². The molecule has 0 aromatic carbocycles. The number of carboxylic acid groups (broad SMARTS) is 1. The maximum atomic E-state index is 13.0. The van der Waals surface area contributed by atoms with Crippen molar-refractivity contribution in [3.8, 4) is 0 Å². The Morgan fingerprint density at radius 1 is 1.60 bits per heavy atom. The minimum atomic E-state index is -2.86. The van der Waals surface area contributed by atoms with Gasteiger partial charge in [-0.2, -0.15) is 4.39 Å². The first-order valence-electron chi connectivity index (χ1n) is 4.07. The number of hydrogen-bond acceptors (Lipinski definition) is 2. The molecule has 6 heteroatoms. The van der Waals surface area contributed by atoms with Crippen molar-refractivity contribution >= 4 is 5.97 Å². The molecule has 82 valence electrons. The van der Waals surface area contributed by atoms with Crippen molar-refractivity contribution in [1.29, 1.82) is 0 Å². The molecule has 1 N–H and O–H groups in total. The average molecular weight is 219 g/mol. The summed E-state index contributed by atoms with van der Waals surface area (Å²) in [6.45, 7) is 1.33. The van der Waals surface area contributed by atoms with Crippen molar-refractivity contribution in [2.24, 2.45) is 0 Å². The summed E-state index contributed by atoms with van der Waals surface area (Å²) >= 11 is 0. The first-order chi connectivity index (χ1) is 6.91. The highest BCUT2D eigenvalue weighted by atomic mass is 19.3. The molecule has 0 fully saturated rings. The van der Waals surface area contributed by atoms with Gasteiger partial charge in [-0.25, -0.2) is 13.8 Å². The van der Waals surface area contributed by atoms with Crippen LogP contribution in [-0.2, 0) is 11.2 Å². The van der Waals surface area contributed by atoms with E-state index in [0.29, 0.717) is 0 Å². The van der Waals surface area contributed by atoms with Crippen molar-refractivity contribution < 1.29 is 23.1 Å². The lowest BCUT2D eigenvalue weighted by Crippen LogP contribution is -2.07. The van der Waals surface area contributed by atoms with Gasteiger partial charge in [-0.1, -0.05) is 0 Å². The molecule has 0 atom stereocenters. The minimum absolute atomic E-state index is 0.0858. The predicted molar refractivity (Wildman–Crippen MR) is 45.2 cm³/mol. The molecule has 0 unspecified atom stereocenters. The van der Waals surface area contributed by atoms with Gasteiger partial charge in [-0.3, -0.25) is 4.79 Å². The molecule has 0 amide bonds. The molecule has 1 rings (SSSR count). The van der Waals surface area contributed by atoms with Gasteiger partial charge in [0.1, 0.15) is 5.69 Å². The summed E-state index contributed by atoms with van der Waals surface area (Å²) < 4.78 is 37.6. The standard InChI is InChI=1S/C9H8F3NO2/c1-4-2-5(3-6(14)15)9(12)13-7(4)8(10)11/h2,8H,3H2,1H3,(H,14,15). The van der Waals surface area contributed by atoms with Crippen LogP contribution >= 0.6 is 0 Å². The van der Waals surface area contributed by atoms with E-state index in [-0.39, 0.29) is 11.1 Å². The Hall–Kier alpha value is -1.59. The van der Waals surface area contributed by atoms with Gasteiger partial charge in [-0.05, 0) is 18.6 Å². The largest absolute Gasteiger partial charge is 0.481 e. The molecule has 1 heterocycles. The molecule has 3 nitrogen and oxygen atoms in total. The fourth-order valence-corrected chi connectivity index (χ4v) is 1.17. The average Bonchev–Trinajstić information content (AvgIpc) is 2.09. The number of aliphatic carboxylic acids is 1. The van der Waals surface area contributed by atoms with Crippen LogP contribution in [0, 0.1) is 12.9 Å². The van der Waals surface area contributed by atoms with Crippen molar-refractivity contribution in [3.63, 3.8) is 0 Å². The molecule has 1 aromatic heterocycles. The quantitative estimate of drug-likeness (QED) is 0.792. The lowest BCUT2D eigenvalue weighted by molar-refractivity contribution is -0.136. The molecule has 0 aliphatic heterocycles.